The fourth-order valence-corrected chi connectivity index (χ4v) is 5.50. The number of hydrogen-bond donors (Lipinski definition) is 1. The normalized spacial score (nSPS) is 16.1. The van der Waals surface area contributed by atoms with E-state index in [0.717, 1.165) is 31.0 Å². The smallest absolute Gasteiger partial charge is 0.420 e. The number of aromatic carboxylic acids is 1. The fraction of sp³-hybridized carbons (Fsp3) is 0.357. The Balaban J connectivity index is 1.79. The molecule has 1 atom stereocenters. The number of carbonyl (C=O) groups is 1. The molecule has 0 fully saturated rings. The summed E-state index contributed by atoms with van der Waals surface area (Å²) in [6, 6.07) is 9.46. The van der Waals surface area contributed by atoms with Crippen LogP contribution >= 0.6 is 11.9 Å². The highest BCUT2D eigenvalue weighted by molar-refractivity contribution is 7.97. The number of fused-ring (bicyclic) bond motifs is 1. The lowest BCUT2D eigenvalue weighted by Gasteiger charge is -2.30. The van der Waals surface area contributed by atoms with Crippen LogP contribution < -0.4 is 14.4 Å². The van der Waals surface area contributed by atoms with Crippen LogP contribution in [-0.2, 0) is 12.8 Å². The Hall–Kier alpha value is -3.65. The number of carboxylic acid groups (broad SMARTS) is 1. The second kappa shape index (κ2) is 12.3. The Kier molecular flexibility index (Phi) is 9.16. The van der Waals surface area contributed by atoms with E-state index >= 15 is 0 Å². The molecule has 1 N–H and O–H groups in total. The highest BCUT2D eigenvalue weighted by atomic mass is 32.2. The zero-order chi connectivity index (χ0) is 30.8. The van der Waals surface area contributed by atoms with Crippen LogP contribution in [0.3, 0.4) is 0 Å². The minimum Gasteiger partial charge on any atom is -0.488 e. The molecule has 2 heterocycles. The maximum Gasteiger partial charge on any atom is 0.420 e. The molecule has 0 amide bonds. The van der Waals surface area contributed by atoms with Crippen LogP contribution in [0.2, 0.25) is 0 Å². The van der Waals surface area contributed by atoms with Crippen molar-refractivity contribution in [1.29, 1.82) is 0 Å². The molecule has 1 aliphatic heterocycles. The van der Waals surface area contributed by atoms with Gasteiger partial charge in [0.25, 0.3) is 0 Å². The molecule has 0 radical (unpaired) electrons. The van der Waals surface area contributed by atoms with Crippen LogP contribution in [0, 0.1) is 5.82 Å². The Morgan fingerprint density at radius 1 is 1.14 bits per heavy atom. The zero-order valence-corrected chi connectivity index (χ0v) is 23.5. The lowest BCUT2D eigenvalue weighted by Crippen LogP contribution is -2.36. The van der Waals surface area contributed by atoms with Crippen molar-refractivity contribution < 1.29 is 45.7 Å². The molecular weight excluding hydrogens is 588 g/mol. The predicted octanol–water partition coefficient (Wildman–Crippen LogP) is 7.42. The molecule has 7 nitrogen and oxygen atoms in total. The van der Waals surface area contributed by atoms with E-state index in [1.54, 1.807) is 11.4 Å². The summed E-state index contributed by atoms with van der Waals surface area (Å²) in [5, 5.41) is 9.52. The van der Waals surface area contributed by atoms with Crippen LogP contribution in [0.1, 0.15) is 41.4 Å². The standard InChI is InChI=1S/C28H27F6N3O4S/c1-27(30,31)10-9-19-14-37(18-6-4-5-17(29)11-18)21-12-20(28(32,33)34)22(13-23(21)42-36(19)2)41-15-16-7-8-24(40-3)35-25(16)26(38)39/h4-8,11-13,19H,9-10,14-15H2,1-3H3,(H,38,39)/t19-/m1/s1. The summed E-state index contributed by atoms with van der Waals surface area (Å²) in [6.07, 6.45) is -5.33. The molecule has 0 aliphatic carbocycles. The van der Waals surface area contributed by atoms with Crippen molar-refractivity contribution >= 4 is 29.3 Å². The molecular formula is C28H27F6N3O4S. The third kappa shape index (κ3) is 7.40. The molecule has 1 aliphatic rings. The van der Waals surface area contributed by atoms with E-state index in [9.17, 15) is 36.2 Å². The Morgan fingerprint density at radius 3 is 2.50 bits per heavy atom. The second-order valence-corrected chi connectivity index (χ2v) is 11.0. The van der Waals surface area contributed by atoms with Gasteiger partial charge in [-0.15, -0.1) is 0 Å². The Labute approximate surface area is 242 Å². The van der Waals surface area contributed by atoms with Crippen LogP contribution in [0.4, 0.5) is 37.7 Å². The molecule has 42 heavy (non-hydrogen) atoms. The molecule has 14 heteroatoms. The SMILES string of the molecule is COc1ccc(COc2cc3c(cc2C(F)(F)F)N(c2cccc(F)c2)C[C@@H](CCC(C)(F)F)N(C)S3)c(C(=O)O)n1. The largest absolute Gasteiger partial charge is 0.488 e. The molecule has 3 aromatic rings. The molecule has 0 saturated heterocycles. The van der Waals surface area contributed by atoms with Gasteiger partial charge in [0.05, 0.1) is 23.3 Å². The first kappa shape index (κ1) is 31.3. The quantitative estimate of drug-likeness (QED) is 0.197. The molecule has 0 saturated carbocycles. The van der Waals surface area contributed by atoms with Crippen LogP contribution in [0.15, 0.2) is 53.4 Å². The van der Waals surface area contributed by atoms with E-state index in [1.807, 2.05) is 0 Å². The average Bonchev–Trinajstić information content (AvgIpc) is 3.04. The number of aromatic nitrogens is 1. The first-order valence-electron chi connectivity index (χ1n) is 12.6. The molecule has 226 valence electrons. The summed E-state index contributed by atoms with van der Waals surface area (Å²) in [5.74, 6) is -5.56. The molecule has 0 bridgehead atoms. The third-order valence-electron chi connectivity index (χ3n) is 6.59. The number of alkyl halides is 5. The number of pyridine rings is 1. The van der Waals surface area contributed by atoms with Gasteiger partial charge in [0.15, 0.2) is 5.69 Å². The number of rotatable bonds is 9. The van der Waals surface area contributed by atoms with Crippen molar-refractivity contribution in [2.45, 2.75) is 49.4 Å². The number of anilines is 2. The minimum absolute atomic E-state index is 0.00410. The minimum atomic E-state index is -4.89. The number of methoxy groups -OCH3 is 1. The lowest BCUT2D eigenvalue weighted by atomic mass is 10.1. The second-order valence-electron chi connectivity index (χ2n) is 9.76. The fourth-order valence-electron chi connectivity index (χ4n) is 4.45. The van der Waals surface area contributed by atoms with E-state index in [-0.39, 0.29) is 35.8 Å². The summed E-state index contributed by atoms with van der Waals surface area (Å²) in [5.41, 5.74) is -1.25. The summed E-state index contributed by atoms with van der Waals surface area (Å²) in [7, 11) is 2.93. The van der Waals surface area contributed by atoms with E-state index in [0.29, 0.717) is 4.90 Å². The maximum atomic E-state index is 14.4. The van der Waals surface area contributed by atoms with Crippen molar-refractivity contribution in [2.24, 2.45) is 0 Å². The number of hydrogen-bond acceptors (Lipinski definition) is 7. The highest BCUT2D eigenvalue weighted by Crippen LogP contribution is 2.48. The van der Waals surface area contributed by atoms with Crippen molar-refractivity contribution in [3.8, 4) is 11.6 Å². The highest BCUT2D eigenvalue weighted by Gasteiger charge is 2.38. The van der Waals surface area contributed by atoms with Gasteiger partial charge < -0.3 is 19.5 Å². The number of likely N-dealkylation sites (N-methyl/N-ethyl adjacent to an activating group) is 1. The van der Waals surface area contributed by atoms with Gasteiger partial charge in [-0.3, -0.25) is 0 Å². The first-order chi connectivity index (χ1) is 19.7. The van der Waals surface area contributed by atoms with Gasteiger partial charge in [0.1, 0.15) is 18.2 Å². The Bertz CT molecular complexity index is 1450. The van der Waals surface area contributed by atoms with Gasteiger partial charge in [-0.1, -0.05) is 6.07 Å². The molecule has 4 rings (SSSR count). The number of nitrogens with zero attached hydrogens (tertiary/aromatic N) is 3. The molecule has 1 aromatic heterocycles. The van der Waals surface area contributed by atoms with Gasteiger partial charge in [-0.2, -0.15) is 13.2 Å². The summed E-state index contributed by atoms with van der Waals surface area (Å²) in [4.78, 5) is 17.3. The van der Waals surface area contributed by atoms with Crippen molar-refractivity contribution in [1.82, 2.24) is 9.29 Å². The summed E-state index contributed by atoms with van der Waals surface area (Å²) in [6.45, 7) is 0.249. The molecule has 0 spiro atoms. The van der Waals surface area contributed by atoms with Gasteiger partial charge in [-0.25, -0.2) is 27.3 Å². The van der Waals surface area contributed by atoms with E-state index < -0.39 is 60.0 Å². The van der Waals surface area contributed by atoms with Crippen LogP contribution in [0.25, 0.3) is 0 Å². The maximum absolute atomic E-state index is 14.4. The van der Waals surface area contributed by atoms with Crippen molar-refractivity contribution in [2.75, 3.05) is 25.6 Å². The van der Waals surface area contributed by atoms with Crippen LogP contribution in [-0.4, -0.2) is 53.0 Å². The summed E-state index contributed by atoms with van der Waals surface area (Å²) < 4.78 is 97.0. The zero-order valence-electron chi connectivity index (χ0n) is 22.7. The van der Waals surface area contributed by atoms with Crippen molar-refractivity contribution in [3.63, 3.8) is 0 Å². The van der Waals surface area contributed by atoms with Gasteiger partial charge in [0.2, 0.25) is 11.8 Å². The monoisotopic (exact) mass is 615 g/mol. The van der Waals surface area contributed by atoms with Gasteiger partial charge in [0, 0.05) is 36.3 Å². The average molecular weight is 616 g/mol. The molecule has 0 unspecified atom stereocenters. The van der Waals surface area contributed by atoms with Gasteiger partial charge in [-0.05, 0) is 68.7 Å². The van der Waals surface area contributed by atoms with E-state index in [4.69, 9.17) is 9.47 Å². The Morgan fingerprint density at radius 2 is 1.88 bits per heavy atom. The van der Waals surface area contributed by atoms with Crippen molar-refractivity contribution in [3.05, 3.63) is 71.2 Å². The summed E-state index contributed by atoms with van der Waals surface area (Å²) >= 11 is 1.04. The first-order valence-corrected chi connectivity index (χ1v) is 13.4. The molecule has 2 aromatic carbocycles. The number of halogens is 6. The topological polar surface area (TPSA) is 75.1 Å². The van der Waals surface area contributed by atoms with E-state index in [1.165, 1.54) is 48.4 Å². The third-order valence-corrected chi connectivity index (χ3v) is 7.70. The number of benzene rings is 2. The van der Waals surface area contributed by atoms with E-state index in [2.05, 4.69) is 4.98 Å². The van der Waals surface area contributed by atoms with Gasteiger partial charge >= 0.3 is 12.1 Å². The number of carboxylic acids is 1. The van der Waals surface area contributed by atoms with Crippen LogP contribution in [0.5, 0.6) is 11.6 Å². The number of ether oxygens (including phenoxy) is 2. The predicted molar refractivity (Wildman–Crippen MR) is 144 cm³/mol. The lowest BCUT2D eigenvalue weighted by molar-refractivity contribution is -0.139.